The SMILES string of the molecule is CCc1ncnc(O[C@H]2CCN(C(=O)CSc3nc4ccccc4o3)C2)c1F. The molecular weight excluding hydrogens is 383 g/mol. The molecule has 146 valence electrons. The van der Waals surface area contributed by atoms with Crippen LogP contribution in [0, 0.1) is 5.82 Å². The van der Waals surface area contributed by atoms with Crippen LogP contribution in [0.15, 0.2) is 40.2 Å². The van der Waals surface area contributed by atoms with Crippen molar-refractivity contribution >= 4 is 28.8 Å². The second-order valence-corrected chi connectivity index (χ2v) is 7.32. The first-order chi connectivity index (χ1) is 13.6. The van der Waals surface area contributed by atoms with E-state index in [4.69, 9.17) is 9.15 Å². The van der Waals surface area contributed by atoms with Crippen LogP contribution in [-0.4, -0.2) is 50.7 Å². The molecule has 28 heavy (non-hydrogen) atoms. The van der Waals surface area contributed by atoms with E-state index in [9.17, 15) is 9.18 Å². The molecule has 1 fully saturated rings. The Morgan fingerprint density at radius 2 is 2.25 bits per heavy atom. The van der Waals surface area contributed by atoms with Gasteiger partial charge in [0.2, 0.25) is 11.7 Å². The van der Waals surface area contributed by atoms with Gasteiger partial charge in [0.05, 0.1) is 18.0 Å². The number of amides is 1. The van der Waals surface area contributed by atoms with E-state index in [1.54, 1.807) is 4.90 Å². The predicted molar refractivity (Wildman–Crippen MR) is 102 cm³/mol. The number of thioether (sulfide) groups is 1. The minimum atomic E-state index is -0.527. The smallest absolute Gasteiger partial charge is 0.257 e. The highest BCUT2D eigenvalue weighted by Crippen LogP contribution is 2.25. The van der Waals surface area contributed by atoms with Gasteiger partial charge >= 0.3 is 0 Å². The Morgan fingerprint density at radius 1 is 1.39 bits per heavy atom. The zero-order valence-electron chi connectivity index (χ0n) is 15.3. The van der Waals surface area contributed by atoms with Crippen LogP contribution in [0.1, 0.15) is 19.0 Å². The summed E-state index contributed by atoms with van der Waals surface area (Å²) in [7, 11) is 0. The molecule has 0 unspecified atom stereocenters. The molecule has 1 saturated heterocycles. The summed E-state index contributed by atoms with van der Waals surface area (Å²) in [5, 5.41) is 0.469. The maximum absolute atomic E-state index is 14.2. The highest BCUT2D eigenvalue weighted by Gasteiger charge is 2.29. The van der Waals surface area contributed by atoms with Crippen molar-refractivity contribution in [2.24, 2.45) is 0 Å². The second kappa shape index (κ2) is 8.14. The van der Waals surface area contributed by atoms with E-state index in [-0.39, 0.29) is 23.6 Å². The Bertz CT molecular complexity index is 963. The molecule has 1 aliphatic rings. The molecule has 1 atom stereocenters. The number of carbonyl (C=O) groups is 1. The predicted octanol–water partition coefficient (Wildman–Crippen LogP) is 3.09. The van der Waals surface area contributed by atoms with E-state index in [0.717, 1.165) is 5.52 Å². The molecule has 9 heteroatoms. The first-order valence-corrected chi connectivity index (χ1v) is 10.0. The van der Waals surface area contributed by atoms with Crippen molar-refractivity contribution in [1.82, 2.24) is 19.9 Å². The summed E-state index contributed by atoms with van der Waals surface area (Å²) in [6, 6.07) is 7.47. The first kappa shape index (κ1) is 18.7. The number of fused-ring (bicyclic) bond motifs is 1. The molecule has 2 aromatic heterocycles. The normalized spacial score (nSPS) is 16.6. The number of oxazole rings is 1. The van der Waals surface area contributed by atoms with E-state index in [0.29, 0.717) is 42.4 Å². The molecule has 1 aromatic carbocycles. The Balaban J connectivity index is 1.31. The zero-order valence-corrected chi connectivity index (χ0v) is 16.1. The monoisotopic (exact) mass is 402 g/mol. The molecule has 7 nitrogen and oxygen atoms in total. The van der Waals surface area contributed by atoms with Crippen molar-refractivity contribution < 1.29 is 18.3 Å². The van der Waals surface area contributed by atoms with Gasteiger partial charge in [0.25, 0.3) is 11.1 Å². The largest absolute Gasteiger partial charge is 0.470 e. The van der Waals surface area contributed by atoms with Crippen LogP contribution >= 0.6 is 11.8 Å². The molecule has 1 amide bonds. The van der Waals surface area contributed by atoms with Gasteiger partial charge in [-0.3, -0.25) is 4.79 Å². The average molecular weight is 402 g/mol. The van der Waals surface area contributed by atoms with Crippen LogP contribution in [0.2, 0.25) is 0 Å². The maximum Gasteiger partial charge on any atom is 0.257 e. The van der Waals surface area contributed by atoms with E-state index in [1.165, 1.54) is 18.1 Å². The van der Waals surface area contributed by atoms with E-state index < -0.39 is 5.82 Å². The summed E-state index contributed by atoms with van der Waals surface area (Å²) in [5.74, 6) is -0.384. The minimum absolute atomic E-state index is 0.0317. The summed E-state index contributed by atoms with van der Waals surface area (Å²) >= 11 is 1.26. The number of benzene rings is 1. The van der Waals surface area contributed by atoms with Crippen molar-refractivity contribution in [2.45, 2.75) is 31.1 Å². The van der Waals surface area contributed by atoms with Gasteiger partial charge < -0.3 is 14.1 Å². The number of halogens is 1. The van der Waals surface area contributed by atoms with Gasteiger partial charge in [0, 0.05) is 13.0 Å². The van der Waals surface area contributed by atoms with Crippen LogP contribution in [-0.2, 0) is 11.2 Å². The second-order valence-electron chi connectivity index (χ2n) is 6.40. The number of carbonyl (C=O) groups excluding carboxylic acids is 1. The number of rotatable bonds is 6. The molecule has 3 aromatic rings. The number of nitrogens with zero attached hydrogens (tertiary/aromatic N) is 4. The number of hydrogen-bond acceptors (Lipinski definition) is 7. The van der Waals surface area contributed by atoms with Crippen LogP contribution < -0.4 is 4.74 Å². The van der Waals surface area contributed by atoms with Gasteiger partial charge in [-0.1, -0.05) is 30.8 Å². The average Bonchev–Trinajstić information content (AvgIpc) is 3.34. The van der Waals surface area contributed by atoms with E-state index in [1.807, 2.05) is 31.2 Å². The lowest BCUT2D eigenvalue weighted by Crippen LogP contribution is -2.32. The fourth-order valence-electron chi connectivity index (χ4n) is 3.05. The Kier molecular flexibility index (Phi) is 5.43. The van der Waals surface area contributed by atoms with Gasteiger partial charge in [-0.05, 0) is 18.6 Å². The van der Waals surface area contributed by atoms with Crippen molar-refractivity contribution in [1.29, 1.82) is 0 Å². The molecule has 3 heterocycles. The lowest BCUT2D eigenvalue weighted by atomic mass is 10.3. The Morgan fingerprint density at radius 3 is 3.07 bits per heavy atom. The zero-order chi connectivity index (χ0) is 19.5. The van der Waals surface area contributed by atoms with Crippen molar-refractivity contribution in [2.75, 3.05) is 18.8 Å². The summed E-state index contributed by atoms with van der Waals surface area (Å²) < 4.78 is 25.5. The standard InChI is InChI=1S/C19H19FN4O3S/c1-2-13-17(20)18(22-11-21-13)26-12-7-8-24(9-12)16(25)10-28-19-23-14-5-3-4-6-15(14)27-19/h3-6,11-12H,2,7-10H2,1H3/t12-/m0/s1. The third kappa shape index (κ3) is 3.94. The van der Waals surface area contributed by atoms with Gasteiger partial charge in [0.15, 0.2) is 5.58 Å². The molecule has 0 saturated carbocycles. The molecule has 0 N–H and O–H groups in total. The van der Waals surface area contributed by atoms with Crippen LogP contribution in [0.4, 0.5) is 4.39 Å². The number of para-hydroxylation sites is 2. The Labute approximate surface area is 165 Å². The third-order valence-corrected chi connectivity index (χ3v) is 5.35. The quantitative estimate of drug-likeness (QED) is 0.586. The van der Waals surface area contributed by atoms with Crippen LogP contribution in [0.3, 0.4) is 0 Å². The highest BCUT2D eigenvalue weighted by atomic mass is 32.2. The van der Waals surface area contributed by atoms with Crippen LogP contribution in [0.5, 0.6) is 5.88 Å². The van der Waals surface area contributed by atoms with E-state index in [2.05, 4.69) is 15.0 Å². The Hall–Kier alpha value is -2.68. The molecule has 1 aliphatic heterocycles. The number of likely N-dealkylation sites (tertiary alicyclic amines) is 1. The van der Waals surface area contributed by atoms with Crippen molar-refractivity contribution in [3.63, 3.8) is 0 Å². The molecular formula is C19H19FN4O3S. The molecule has 0 aliphatic carbocycles. The fraction of sp³-hybridized carbons (Fsp3) is 0.368. The number of ether oxygens (including phenoxy) is 1. The van der Waals surface area contributed by atoms with Gasteiger partial charge in [-0.25, -0.2) is 9.97 Å². The molecule has 0 radical (unpaired) electrons. The van der Waals surface area contributed by atoms with Gasteiger partial charge in [-0.15, -0.1) is 0 Å². The molecule has 0 spiro atoms. The molecule has 4 rings (SSSR count). The summed E-state index contributed by atoms with van der Waals surface area (Å²) in [4.78, 5) is 26.3. The van der Waals surface area contributed by atoms with Crippen molar-refractivity contribution in [3.8, 4) is 5.88 Å². The van der Waals surface area contributed by atoms with Crippen molar-refractivity contribution in [3.05, 3.63) is 42.1 Å². The van der Waals surface area contributed by atoms with Crippen LogP contribution in [0.25, 0.3) is 11.1 Å². The summed E-state index contributed by atoms with van der Waals surface area (Å²) in [6.07, 6.45) is 2.11. The lowest BCUT2D eigenvalue weighted by molar-refractivity contribution is -0.127. The maximum atomic E-state index is 14.2. The number of aryl methyl sites for hydroxylation is 1. The topological polar surface area (TPSA) is 81.4 Å². The minimum Gasteiger partial charge on any atom is -0.470 e. The highest BCUT2D eigenvalue weighted by molar-refractivity contribution is 7.99. The summed E-state index contributed by atoms with van der Waals surface area (Å²) in [6.45, 7) is 2.78. The number of hydrogen-bond donors (Lipinski definition) is 0. The fourth-order valence-corrected chi connectivity index (χ4v) is 3.79. The first-order valence-electron chi connectivity index (χ1n) is 9.06. The number of aromatic nitrogens is 3. The van der Waals surface area contributed by atoms with Gasteiger partial charge in [-0.2, -0.15) is 9.37 Å². The third-order valence-electron chi connectivity index (χ3n) is 4.53. The van der Waals surface area contributed by atoms with Gasteiger partial charge in [0.1, 0.15) is 17.9 Å². The summed E-state index contributed by atoms with van der Waals surface area (Å²) in [5.41, 5.74) is 1.79. The lowest BCUT2D eigenvalue weighted by Gasteiger charge is -2.16. The van der Waals surface area contributed by atoms with E-state index >= 15 is 0 Å². The molecule has 0 bridgehead atoms.